The van der Waals surface area contributed by atoms with E-state index in [0.29, 0.717) is 22.9 Å². The number of hydrogen-bond donors (Lipinski definition) is 3. The van der Waals surface area contributed by atoms with Gasteiger partial charge in [-0.3, -0.25) is 9.59 Å². The van der Waals surface area contributed by atoms with Gasteiger partial charge in [-0.05, 0) is 105 Å². The van der Waals surface area contributed by atoms with E-state index < -0.39 is 5.97 Å². The Labute approximate surface area is 271 Å². The Morgan fingerprint density at radius 2 is 1.76 bits per heavy atom. The first-order chi connectivity index (χ1) is 21.6. The molecule has 8 nitrogen and oxygen atoms in total. The van der Waals surface area contributed by atoms with Gasteiger partial charge in [0.05, 0.1) is 31.6 Å². The second kappa shape index (κ2) is 15.6. The zero-order valence-corrected chi connectivity index (χ0v) is 27.6. The average Bonchev–Trinajstić information content (AvgIpc) is 3.48. The molecule has 3 aromatic carbocycles. The van der Waals surface area contributed by atoms with E-state index in [1.54, 1.807) is 7.11 Å². The van der Waals surface area contributed by atoms with Gasteiger partial charge in [0.2, 0.25) is 5.91 Å². The number of rotatable bonds is 10. The van der Waals surface area contributed by atoms with Crippen molar-refractivity contribution in [3.05, 3.63) is 87.9 Å². The van der Waals surface area contributed by atoms with Gasteiger partial charge in [-0.15, -0.1) is 0 Å². The van der Waals surface area contributed by atoms with Crippen molar-refractivity contribution in [2.75, 3.05) is 18.6 Å². The number of carboxylic acid groups (broad SMARTS) is 1. The van der Waals surface area contributed by atoms with E-state index in [0.717, 1.165) is 48.2 Å². The molecule has 3 aromatic rings. The molecule has 1 fully saturated rings. The van der Waals surface area contributed by atoms with Crippen LogP contribution in [0.2, 0.25) is 5.02 Å². The monoisotopic (exact) mass is 635 g/mol. The highest BCUT2D eigenvalue weighted by atomic mass is 35.5. The summed E-state index contributed by atoms with van der Waals surface area (Å²) in [7, 11) is 1.63. The third-order valence-electron chi connectivity index (χ3n) is 8.68. The molecule has 9 heteroatoms. The second-order valence-electron chi connectivity index (χ2n) is 11.9. The van der Waals surface area contributed by atoms with Crippen molar-refractivity contribution < 1.29 is 24.2 Å². The molecule has 242 valence electrons. The number of ether oxygens (including phenoxy) is 2. The lowest BCUT2D eigenvalue weighted by molar-refractivity contribution is -0.141. The van der Waals surface area contributed by atoms with Gasteiger partial charge in [0.25, 0.3) is 0 Å². The molecule has 2 unspecified atom stereocenters. The lowest BCUT2D eigenvalue weighted by Crippen LogP contribution is -2.41. The van der Waals surface area contributed by atoms with Gasteiger partial charge in [0, 0.05) is 22.8 Å². The minimum atomic E-state index is -0.692. The number of hydrogen-bond acceptors (Lipinski definition) is 6. The summed E-state index contributed by atoms with van der Waals surface area (Å²) in [5.74, 6) is 0.510. The van der Waals surface area contributed by atoms with Crippen LogP contribution in [0.4, 0.5) is 5.69 Å². The van der Waals surface area contributed by atoms with Crippen LogP contribution in [-0.2, 0) is 16.0 Å². The quantitative estimate of drug-likeness (QED) is 0.218. The van der Waals surface area contributed by atoms with Crippen LogP contribution in [0.15, 0.2) is 60.7 Å². The van der Waals surface area contributed by atoms with Crippen molar-refractivity contribution in [2.45, 2.75) is 84.0 Å². The summed E-state index contributed by atoms with van der Waals surface area (Å²) < 4.78 is 11.9. The maximum absolute atomic E-state index is 13.7. The van der Waals surface area contributed by atoms with Crippen molar-refractivity contribution in [3.63, 3.8) is 0 Å². The van der Waals surface area contributed by atoms with Crippen LogP contribution in [0.3, 0.4) is 0 Å². The van der Waals surface area contributed by atoms with Gasteiger partial charge < -0.3 is 30.5 Å². The van der Waals surface area contributed by atoms with Crippen LogP contribution >= 0.6 is 11.6 Å². The van der Waals surface area contributed by atoms with E-state index in [1.165, 1.54) is 5.56 Å². The standard InChI is InChI=1S/C30H35ClN2O3.C6H11NO2/c1-6-19(3)36-28-18-26-23(16-27(28)35-5)17-29(34)33(30(26)22-8-12-24(31)13-9-22)25-14-10-21(11-15-25)20(4)32-7-2;7-5-2-1-4(3-5)6(8)9/h8-16,18-20,30,32H,6-7,17H2,1-5H3;4-5H,1-3,7H2,(H,8,9)/t19-,20?,30?;4-,5-/m11/s1. The first-order valence-corrected chi connectivity index (χ1v) is 16.2. The van der Waals surface area contributed by atoms with Crippen LogP contribution in [-0.4, -0.2) is 42.8 Å². The molecule has 5 rings (SSSR count). The Morgan fingerprint density at radius 1 is 1.07 bits per heavy atom. The normalized spacial score (nSPS) is 20.5. The first-order valence-electron chi connectivity index (χ1n) is 15.8. The van der Waals surface area contributed by atoms with Crippen LogP contribution in [0.1, 0.15) is 87.7 Å². The maximum Gasteiger partial charge on any atom is 0.306 e. The number of nitrogens with zero attached hydrogens (tertiary/aromatic N) is 1. The minimum absolute atomic E-state index is 0.0348. The summed E-state index contributed by atoms with van der Waals surface area (Å²) in [6.45, 7) is 9.27. The van der Waals surface area contributed by atoms with E-state index in [-0.39, 0.29) is 42.5 Å². The molecule has 5 atom stereocenters. The van der Waals surface area contributed by atoms with E-state index in [2.05, 4.69) is 38.2 Å². The summed E-state index contributed by atoms with van der Waals surface area (Å²) in [5.41, 5.74) is 10.5. The number of carbonyl (C=O) groups excluding carboxylic acids is 1. The van der Waals surface area contributed by atoms with Crippen molar-refractivity contribution in [3.8, 4) is 11.5 Å². The SMILES string of the molecule is CCNC(C)c1ccc(N2C(=O)Cc3cc(OC)c(O[C@H](C)CC)cc3C2c2ccc(Cl)cc2)cc1.N[C@@H]1CC[C@@H](C(=O)O)C1. The van der Waals surface area contributed by atoms with E-state index in [1.807, 2.05) is 60.4 Å². The average molecular weight is 636 g/mol. The predicted molar refractivity (Wildman–Crippen MR) is 179 cm³/mol. The van der Waals surface area contributed by atoms with E-state index in [9.17, 15) is 9.59 Å². The van der Waals surface area contributed by atoms with E-state index >= 15 is 0 Å². The lowest BCUT2D eigenvalue weighted by Gasteiger charge is -2.38. The number of anilines is 1. The number of nitrogens with two attached hydrogens (primary N) is 1. The molecule has 4 N–H and O–H groups in total. The number of halogens is 1. The largest absolute Gasteiger partial charge is 0.493 e. The molecule has 1 amide bonds. The topological polar surface area (TPSA) is 114 Å². The van der Waals surface area contributed by atoms with Crippen molar-refractivity contribution in [1.29, 1.82) is 0 Å². The molecule has 0 aromatic heterocycles. The number of aliphatic carboxylic acids is 1. The molecule has 0 saturated heterocycles. The molecule has 1 heterocycles. The van der Waals surface area contributed by atoms with Gasteiger partial charge in [0.1, 0.15) is 0 Å². The zero-order chi connectivity index (χ0) is 32.7. The van der Waals surface area contributed by atoms with Gasteiger partial charge in [-0.1, -0.05) is 49.7 Å². The molecule has 2 aliphatic rings. The number of fused-ring (bicyclic) bond motifs is 1. The van der Waals surface area contributed by atoms with Gasteiger partial charge in [0.15, 0.2) is 11.5 Å². The highest BCUT2D eigenvalue weighted by Crippen LogP contribution is 2.44. The Bertz CT molecular complexity index is 1450. The van der Waals surface area contributed by atoms with Gasteiger partial charge in [-0.25, -0.2) is 0 Å². The molecule has 1 aliphatic heterocycles. The van der Waals surface area contributed by atoms with Crippen LogP contribution in [0.25, 0.3) is 0 Å². The van der Waals surface area contributed by atoms with Crippen molar-refractivity contribution in [2.24, 2.45) is 11.7 Å². The predicted octanol–water partition coefficient (Wildman–Crippen LogP) is 7.07. The number of carboxylic acids is 1. The molecule has 1 aliphatic carbocycles. The molecule has 0 radical (unpaired) electrons. The Morgan fingerprint density at radius 3 is 2.29 bits per heavy atom. The van der Waals surface area contributed by atoms with Crippen molar-refractivity contribution in [1.82, 2.24) is 5.32 Å². The Balaban J connectivity index is 0.000000440. The number of carbonyl (C=O) groups is 2. The number of benzene rings is 3. The summed E-state index contributed by atoms with van der Waals surface area (Å²) in [4.78, 5) is 25.8. The fraction of sp³-hybridized carbons (Fsp3) is 0.444. The highest BCUT2D eigenvalue weighted by molar-refractivity contribution is 6.30. The lowest BCUT2D eigenvalue weighted by atomic mass is 9.86. The smallest absolute Gasteiger partial charge is 0.306 e. The second-order valence-corrected chi connectivity index (χ2v) is 12.3. The molecule has 45 heavy (non-hydrogen) atoms. The summed E-state index contributed by atoms with van der Waals surface area (Å²) in [6, 6.07) is 20.0. The molecular weight excluding hydrogens is 590 g/mol. The van der Waals surface area contributed by atoms with Gasteiger partial charge in [-0.2, -0.15) is 0 Å². The fourth-order valence-corrected chi connectivity index (χ4v) is 6.09. The first kappa shape index (κ1) is 34.3. The summed E-state index contributed by atoms with van der Waals surface area (Å²) in [6.07, 6.45) is 3.50. The number of amides is 1. The van der Waals surface area contributed by atoms with Crippen LogP contribution in [0.5, 0.6) is 11.5 Å². The minimum Gasteiger partial charge on any atom is -0.493 e. The molecule has 0 spiro atoms. The molecular formula is C36H46ClN3O5. The molecule has 0 bridgehead atoms. The fourth-order valence-electron chi connectivity index (χ4n) is 5.96. The highest BCUT2D eigenvalue weighted by Gasteiger charge is 2.36. The zero-order valence-electron chi connectivity index (χ0n) is 26.9. The maximum atomic E-state index is 13.7. The third-order valence-corrected chi connectivity index (χ3v) is 8.93. The number of methoxy groups -OCH3 is 1. The summed E-state index contributed by atoms with van der Waals surface area (Å²) >= 11 is 6.22. The van der Waals surface area contributed by atoms with E-state index in [4.69, 9.17) is 31.9 Å². The Kier molecular flexibility index (Phi) is 11.9. The Hall–Kier alpha value is -3.59. The van der Waals surface area contributed by atoms with Crippen molar-refractivity contribution >= 4 is 29.2 Å². The summed E-state index contributed by atoms with van der Waals surface area (Å²) in [5, 5.41) is 12.6. The van der Waals surface area contributed by atoms with Crippen LogP contribution in [0, 0.1) is 5.92 Å². The number of nitrogens with one attached hydrogen (secondary N) is 1. The molecule has 1 saturated carbocycles. The third kappa shape index (κ3) is 8.37. The van der Waals surface area contributed by atoms with Crippen LogP contribution < -0.4 is 25.4 Å². The van der Waals surface area contributed by atoms with Gasteiger partial charge >= 0.3 is 5.97 Å².